The molecule has 0 aliphatic heterocycles. The highest BCUT2D eigenvalue weighted by molar-refractivity contribution is 5.77. The number of rotatable bonds is 7. The minimum atomic E-state index is -0.726. The van der Waals surface area contributed by atoms with Crippen LogP contribution in [0.5, 0.6) is 0 Å². The molecular formula is C9H20N2O3. The Morgan fingerprint density at radius 3 is 2.50 bits per heavy atom. The summed E-state index contributed by atoms with van der Waals surface area (Å²) >= 11 is 0. The number of carbonyl (C=O) groups excluding carboxylic acids is 1. The van der Waals surface area contributed by atoms with Gasteiger partial charge >= 0.3 is 0 Å². The molecule has 4 N–H and O–H groups in total. The number of carbonyl (C=O) groups is 1. The van der Waals surface area contributed by atoms with E-state index in [1.807, 2.05) is 13.8 Å². The third-order valence-electron chi connectivity index (χ3n) is 1.72. The van der Waals surface area contributed by atoms with Gasteiger partial charge in [-0.3, -0.25) is 4.79 Å². The van der Waals surface area contributed by atoms with Gasteiger partial charge in [-0.2, -0.15) is 0 Å². The Labute approximate surface area is 84.5 Å². The zero-order chi connectivity index (χ0) is 11.0. The van der Waals surface area contributed by atoms with Gasteiger partial charge in [0.05, 0.1) is 12.7 Å². The van der Waals surface area contributed by atoms with E-state index in [-0.39, 0.29) is 18.4 Å². The molecule has 5 heteroatoms. The van der Waals surface area contributed by atoms with Crippen LogP contribution in [0.25, 0.3) is 0 Å². The third-order valence-corrected chi connectivity index (χ3v) is 1.72. The predicted octanol–water partition coefficient (Wildman–Crippen LogP) is -1.30. The number of aliphatic hydroxyl groups excluding tert-OH is 2. The molecule has 0 aromatic rings. The van der Waals surface area contributed by atoms with E-state index in [1.54, 1.807) is 0 Å². The molecule has 0 aromatic heterocycles. The molecule has 0 saturated heterocycles. The lowest BCUT2D eigenvalue weighted by Gasteiger charge is -2.10. The summed E-state index contributed by atoms with van der Waals surface area (Å²) in [5.74, 6) is 0.0209. The molecule has 0 heterocycles. The highest BCUT2D eigenvalue weighted by atomic mass is 16.3. The van der Waals surface area contributed by atoms with Crippen molar-refractivity contribution < 1.29 is 15.0 Å². The normalized spacial score (nSPS) is 12.9. The lowest BCUT2D eigenvalue weighted by molar-refractivity contribution is -0.123. The molecule has 5 nitrogen and oxygen atoms in total. The first-order valence-corrected chi connectivity index (χ1v) is 4.85. The lowest BCUT2D eigenvalue weighted by Crippen LogP contribution is -2.37. The number of nitrogens with one attached hydrogen (secondary N) is 2. The monoisotopic (exact) mass is 204 g/mol. The van der Waals surface area contributed by atoms with Gasteiger partial charge in [-0.05, 0) is 0 Å². The number of hydrogen-bond donors (Lipinski definition) is 4. The van der Waals surface area contributed by atoms with Crippen LogP contribution in [0.4, 0.5) is 0 Å². The number of hydrogen-bond acceptors (Lipinski definition) is 4. The summed E-state index contributed by atoms with van der Waals surface area (Å²) in [6.45, 7) is 4.89. The van der Waals surface area contributed by atoms with Crippen LogP contribution in [0, 0.1) is 5.92 Å². The standard InChI is InChI=1S/C9H20N2O3/c1-7(2)9(14)11-4-3-10-5-8(13)6-12/h7-8,10,12-13H,3-6H2,1-2H3,(H,11,14). The van der Waals surface area contributed by atoms with Crippen molar-refractivity contribution in [1.29, 1.82) is 0 Å². The molecule has 0 aromatic carbocycles. The molecule has 0 spiro atoms. The maximum Gasteiger partial charge on any atom is 0.222 e. The van der Waals surface area contributed by atoms with Crippen molar-refractivity contribution in [3.05, 3.63) is 0 Å². The first kappa shape index (κ1) is 13.4. The quantitative estimate of drug-likeness (QED) is 0.389. The van der Waals surface area contributed by atoms with Crippen molar-refractivity contribution in [2.24, 2.45) is 5.92 Å². The Bertz CT molecular complexity index is 162. The maximum absolute atomic E-state index is 11.1. The molecule has 1 atom stereocenters. The molecule has 0 aliphatic rings. The minimum Gasteiger partial charge on any atom is -0.394 e. The van der Waals surface area contributed by atoms with Gasteiger partial charge in [0.2, 0.25) is 5.91 Å². The van der Waals surface area contributed by atoms with E-state index in [0.29, 0.717) is 19.6 Å². The lowest BCUT2D eigenvalue weighted by atomic mass is 10.2. The van der Waals surface area contributed by atoms with Crippen molar-refractivity contribution in [1.82, 2.24) is 10.6 Å². The zero-order valence-corrected chi connectivity index (χ0v) is 8.79. The van der Waals surface area contributed by atoms with Crippen molar-refractivity contribution in [3.63, 3.8) is 0 Å². The zero-order valence-electron chi connectivity index (χ0n) is 8.79. The van der Waals surface area contributed by atoms with Crippen molar-refractivity contribution in [2.75, 3.05) is 26.2 Å². The van der Waals surface area contributed by atoms with Crippen molar-refractivity contribution >= 4 is 5.91 Å². The second-order valence-electron chi connectivity index (χ2n) is 3.49. The molecule has 0 saturated carbocycles. The van der Waals surface area contributed by atoms with E-state index in [2.05, 4.69) is 10.6 Å². The smallest absolute Gasteiger partial charge is 0.222 e. The predicted molar refractivity (Wildman–Crippen MR) is 53.8 cm³/mol. The number of amides is 1. The fraction of sp³-hybridized carbons (Fsp3) is 0.889. The van der Waals surface area contributed by atoms with Gasteiger partial charge in [0.25, 0.3) is 0 Å². The Kier molecular flexibility index (Phi) is 7.37. The van der Waals surface area contributed by atoms with Crippen molar-refractivity contribution in [3.8, 4) is 0 Å². The highest BCUT2D eigenvalue weighted by Gasteiger charge is 2.05. The number of aliphatic hydroxyl groups is 2. The summed E-state index contributed by atoms with van der Waals surface area (Å²) in [5, 5.41) is 23.1. The molecule has 0 radical (unpaired) electrons. The summed E-state index contributed by atoms with van der Waals surface area (Å²) < 4.78 is 0. The van der Waals surface area contributed by atoms with Crippen LogP contribution in [0.15, 0.2) is 0 Å². The van der Waals surface area contributed by atoms with E-state index in [9.17, 15) is 4.79 Å². The van der Waals surface area contributed by atoms with Crippen LogP contribution in [0.2, 0.25) is 0 Å². The van der Waals surface area contributed by atoms with E-state index in [0.717, 1.165) is 0 Å². The van der Waals surface area contributed by atoms with Gasteiger partial charge in [-0.15, -0.1) is 0 Å². The summed E-state index contributed by atoms with van der Waals surface area (Å²) in [4.78, 5) is 11.1. The molecule has 0 bridgehead atoms. The van der Waals surface area contributed by atoms with Crippen LogP contribution in [0.1, 0.15) is 13.8 Å². The topological polar surface area (TPSA) is 81.6 Å². The van der Waals surface area contributed by atoms with Crippen molar-refractivity contribution in [2.45, 2.75) is 20.0 Å². The molecule has 0 rings (SSSR count). The molecule has 14 heavy (non-hydrogen) atoms. The first-order chi connectivity index (χ1) is 6.57. The largest absolute Gasteiger partial charge is 0.394 e. The first-order valence-electron chi connectivity index (χ1n) is 4.85. The molecule has 0 fully saturated rings. The second-order valence-corrected chi connectivity index (χ2v) is 3.49. The Morgan fingerprint density at radius 2 is 2.00 bits per heavy atom. The van der Waals surface area contributed by atoms with Gasteiger partial charge in [0, 0.05) is 25.6 Å². The molecule has 1 unspecified atom stereocenters. The summed E-state index contributed by atoms with van der Waals surface area (Å²) in [6, 6.07) is 0. The van der Waals surface area contributed by atoms with Gasteiger partial charge in [-0.25, -0.2) is 0 Å². The Hall–Kier alpha value is -0.650. The van der Waals surface area contributed by atoms with E-state index in [1.165, 1.54) is 0 Å². The minimum absolute atomic E-state index is 0.00182. The fourth-order valence-electron chi connectivity index (χ4n) is 0.811. The summed E-state index contributed by atoms with van der Waals surface area (Å²) in [7, 11) is 0. The molecule has 0 aliphatic carbocycles. The Morgan fingerprint density at radius 1 is 1.36 bits per heavy atom. The Balaban J connectivity index is 3.26. The van der Waals surface area contributed by atoms with Gasteiger partial charge < -0.3 is 20.8 Å². The van der Waals surface area contributed by atoms with Crippen LogP contribution in [0.3, 0.4) is 0 Å². The second kappa shape index (κ2) is 7.73. The fourth-order valence-corrected chi connectivity index (χ4v) is 0.811. The van der Waals surface area contributed by atoms with Crippen LogP contribution in [-0.4, -0.2) is 48.5 Å². The molecule has 84 valence electrons. The van der Waals surface area contributed by atoms with Crippen LogP contribution >= 0.6 is 0 Å². The molecule has 1 amide bonds. The van der Waals surface area contributed by atoms with E-state index in [4.69, 9.17) is 10.2 Å². The average molecular weight is 204 g/mol. The third kappa shape index (κ3) is 6.82. The highest BCUT2D eigenvalue weighted by Crippen LogP contribution is 1.88. The summed E-state index contributed by atoms with van der Waals surface area (Å²) in [5.41, 5.74) is 0. The molecular weight excluding hydrogens is 184 g/mol. The van der Waals surface area contributed by atoms with Gasteiger partial charge in [-0.1, -0.05) is 13.8 Å². The maximum atomic E-state index is 11.1. The van der Waals surface area contributed by atoms with Gasteiger partial charge in [0.15, 0.2) is 0 Å². The van der Waals surface area contributed by atoms with Crippen LogP contribution < -0.4 is 10.6 Å². The van der Waals surface area contributed by atoms with E-state index >= 15 is 0 Å². The SMILES string of the molecule is CC(C)C(=O)NCCNCC(O)CO. The van der Waals surface area contributed by atoms with Gasteiger partial charge in [0.1, 0.15) is 0 Å². The summed E-state index contributed by atoms with van der Waals surface area (Å²) in [6.07, 6.45) is -0.726. The van der Waals surface area contributed by atoms with Crippen LogP contribution in [-0.2, 0) is 4.79 Å². The van der Waals surface area contributed by atoms with E-state index < -0.39 is 6.10 Å². The average Bonchev–Trinajstić information content (AvgIpc) is 2.16.